The maximum Gasteiger partial charge on any atom is 0.351 e. The van der Waals surface area contributed by atoms with Gasteiger partial charge in [-0.2, -0.15) is 13.2 Å². The third kappa shape index (κ3) is 3.20. The van der Waals surface area contributed by atoms with E-state index >= 15 is 0 Å². The van der Waals surface area contributed by atoms with Crippen LogP contribution in [0.1, 0.15) is 16.7 Å². The first-order valence-corrected chi connectivity index (χ1v) is 5.29. The lowest BCUT2D eigenvalue weighted by molar-refractivity contribution is 0.266. The van der Waals surface area contributed by atoms with Gasteiger partial charge in [-0.25, -0.2) is 0 Å². The van der Waals surface area contributed by atoms with E-state index in [0.29, 0.717) is 16.9 Å². The van der Waals surface area contributed by atoms with Gasteiger partial charge in [0.15, 0.2) is 0 Å². The van der Waals surface area contributed by atoms with Crippen molar-refractivity contribution in [3.63, 3.8) is 0 Å². The number of hydrogen-bond donors (Lipinski definition) is 0. The first-order chi connectivity index (χ1) is 7.41. The monoisotopic (exact) mass is 248 g/mol. The highest BCUT2D eigenvalue weighted by Crippen LogP contribution is 2.31. The minimum Gasteiger partial charge on any atom is -0.387 e. The Bertz CT molecular complexity index is 402. The summed E-state index contributed by atoms with van der Waals surface area (Å²) in [6.07, 6.45) is -2.45. The van der Waals surface area contributed by atoms with Crippen LogP contribution in [0.4, 0.5) is 13.2 Å². The maximum absolute atomic E-state index is 12.4. The van der Waals surface area contributed by atoms with Crippen LogP contribution in [-0.4, -0.2) is 0 Å². The highest BCUT2D eigenvalue weighted by Gasteiger charge is 2.11. The lowest BCUT2D eigenvalue weighted by atomic mass is 10.1. The predicted molar refractivity (Wildman–Crippen MR) is 57.9 cm³/mol. The molecule has 0 spiro atoms. The van der Waals surface area contributed by atoms with Crippen molar-refractivity contribution in [3.8, 4) is 0 Å². The largest absolute Gasteiger partial charge is 0.387 e. The van der Waals surface area contributed by atoms with Gasteiger partial charge in [0.1, 0.15) is 0 Å². The Morgan fingerprint density at radius 1 is 1.06 bits per heavy atom. The number of rotatable bonds is 3. The summed E-state index contributed by atoms with van der Waals surface area (Å²) in [7, 11) is 0. The van der Waals surface area contributed by atoms with E-state index in [-0.39, 0.29) is 0 Å². The highest BCUT2D eigenvalue weighted by atomic mass is 32.2. The Labute approximate surface area is 96.5 Å². The van der Waals surface area contributed by atoms with E-state index in [0.717, 1.165) is 16.7 Å². The Morgan fingerprint density at radius 3 is 2.00 bits per heavy atom. The summed E-state index contributed by atoms with van der Waals surface area (Å²) in [5, 5.41) is 0. The highest BCUT2D eigenvalue weighted by molar-refractivity contribution is 7.94. The summed E-state index contributed by atoms with van der Waals surface area (Å²) in [6, 6.07) is 1.92. The summed E-state index contributed by atoms with van der Waals surface area (Å²) >= 11 is 0.606. The quantitative estimate of drug-likeness (QED) is 0.567. The molecule has 0 saturated carbocycles. The van der Waals surface area contributed by atoms with Gasteiger partial charge >= 0.3 is 12.1 Å². The molecule has 0 atom stereocenters. The molecule has 0 N–H and O–H groups in total. The van der Waals surface area contributed by atoms with Crippen molar-refractivity contribution in [2.45, 2.75) is 25.7 Å². The van der Waals surface area contributed by atoms with Crippen LogP contribution in [0.15, 0.2) is 29.1 Å². The van der Waals surface area contributed by atoms with Gasteiger partial charge < -0.3 is 4.18 Å². The first-order valence-electron chi connectivity index (χ1n) is 4.55. The van der Waals surface area contributed by atoms with Crippen LogP contribution in [0, 0.1) is 20.8 Å². The molecule has 0 aliphatic carbocycles. The smallest absolute Gasteiger partial charge is 0.351 e. The molecule has 0 saturated heterocycles. The summed E-state index contributed by atoms with van der Waals surface area (Å²) in [4.78, 5) is 0.655. The lowest BCUT2D eigenvalue weighted by Gasteiger charge is -2.09. The van der Waals surface area contributed by atoms with Crippen molar-refractivity contribution in [1.82, 2.24) is 0 Å². The molecule has 88 valence electrons. The van der Waals surface area contributed by atoms with Crippen LogP contribution < -0.4 is 0 Å². The van der Waals surface area contributed by atoms with E-state index in [1.807, 2.05) is 32.9 Å². The average molecular weight is 248 g/mol. The normalized spacial score (nSPS) is 10.1. The van der Waals surface area contributed by atoms with Crippen LogP contribution in [0.2, 0.25) is 0 Å². The van der Waals surface area contributed by atoms with E-state index in [1.54, 1.807) is 0 Å². The molecule has 0 aliphatic rings. The fraction of sp³-hybridized carbons (Fsp3) is 0.273. The fourth-order valence-electron chi connectivity index (χ4n) is 1.41. The van der Waals surface area contributed by atoms with Crippen LogP contribution in [-0.2, 0) is 4.18 Å². The molecule has 5 heteroatoms. The third-order valence-corrected chi connectivity index (χ3v) is 2.99. The van der Waals surface area contributed by atoms with Crippen molar-refractivity contribution in [3.05, 3.63) is 40.9 Å². The fourth-order valence-corrected chi connectivity index (χ4v) is 2.01. The van der Waals surface area contributed by atoms with Crippen LogP contribution in [0.5, 0.6) is 0 Å². The molecular formula is C11H11F3OS. The van der Waals surface area contributed by atoms with Crippen LogP contribution >= 0.6 is 12.0 Å². The standard InChI is InChI=1S/C11H11F3OS/c1-6-4-7(2)9(8(3)5-6)16-15-11(14)10(12)13/h4-5H,1-3H3. The molecular weight excluding hydrogens is 237 g/mol. The van der Waals surface area contributed by atoms with Gasteiger partial charge in [-0.15, -0.1) is 0 Å². The number of benzene rings is 1. The second kappa shape index (κ2) is 5.30. The molecule has 16 heavy (non-hydrogen) atoms. The number of halogens is 3. The number of aryl methyl sites for hydroxylation is 3. The van der Waals surface area contributed by atoms with E-state index < -0.39 is 12.1 Å². The maximum atomic E-state index is 12.4. The van der Waals surface area contributed by atoms with E-state index in [4.69, 9.17) is 0 Å². The summed E-state index contributed by atoms with van der Waals surface area (Å²) in [5.74, 6) is 0. The Kier molecular flexibility index (Phi) is 4.29. The van der Waals surface area contributed by atoms with Crippen molar-refractivity contribution in [2.75, 3.05) is 0 Å². The SMILES string of the molecule is Cc1cc(C)c(SOC(F)=C(F)F)c(C)c1. The van der Waals surface area contributed by atoms with Gasteiger partial charge in [0.05, 0.1) is 16.9 Å². The van der Waals surface area contributed by atoms with E-state index in [2.05, 4.69) is 4.18 Å². The zero-order chi connectivity index (χ0) is 12.3. The molecule has 0 aromatic heterocycles. The minimum atomic E-state index is -2.45. The molecule has 1 aromatic rings. The van der Waals surface area contributed by atoms with Gasteiger partial charge in [0.25, 0.3) is 0 Å². The zero-order valence-electron chi connectivity index (χ0n) is 9.11. The summed E-state index contributed by atoms with van der Waals surface area (Å²) < 4.78 is 40.2. The molecule has 0 heterocycles. The van der Waals surface area contributed by atoms with Crippen molar-refractivity contribution < 1.29 is 17.4 Å². The molecule has 0 aliphatic heterocycles. The lowest BCUT2D eigenvalue weighted by Crippen LogP contribution is -1.89. The van der Waals surface area contributed by atoms with Crippen LogP contribution in [0.25, 0.3) is 0 Å². The molecule has 1 rings (SSSR count). The zero-order valence-corrected chi connectivity index (χ0v) is 9.92. The van der Waals surface area contributed by atoms with E-state index in [1.165, 1.54) is 0 Å². The van der Waals surface area contributed by atoms with Gasteiger partial charge in [0.2, 0.25) is 0 Å². The molecule has 0 amide bonds. The molecule has 0 fully saturated rings. The molecule has 1 aromatic carbocycles. The van der Waals surface area contributed by atoms with E-state index in [9.17, 15) is 13.2 Å². The second-order valence-corrected chi connectivity index (χ2v) is 4.17. The molecule has 1 nitrogen and oxygen atoms in total. The Hall–Kier alpha value is -1.10. The second-order valence-electron chi connectivity index (χ2n) is 3.43. The van der Waals surface area contributed by atoms with Gasteiger partial charge in [0, 0.05) is 0 Å². The van der Waals surface area contributed by atoms with Gasteiger partial charge in [-0.1, -0.05) is 17.7 Å². The van der Waals surface area contributed by atoms with Crippen LogP contribution in [0.3, 0.4) is 0 Å². The number of hydrogen-bond acceptors (Lipinski definition) is 2. The topological polar surface area (TPSA) is 9.23 Å². The van der Waals surface area contributed by atoms with Gasteiger partial charge in [-0.3, -0.25) is 0 Å². The summed E-state index contributed by atoms with van der Waals surface area (Å²) in [5.41, 5.74) is 2.80. The van der Waals surface area contributed by atoms with Crippen molar-refractivity contribution in [1.29, 1.82) is 0 Å². The molecule has 0 radical (unpaired) electrons. The molecule has 0 unspecified atom stereocenters. The van der Waals surface area contributed by atoms with Gasteiger partial charge in [-0.05, 0) is 31.9 Å². The Morgan fingerprint density at radius 2 is 1.56 bits per heavy atom. The average Bonchev–Trinajstić information content (AvgIpc) is 2.15. The van der Waals surface area contributed by atoms with Crippen molar-refractivity contribution >= 4 is 12.0 Å². The minimum absolute atomic E-state index is 0.606. The third-order valence-electron chi connectivity index (χ3n) is 1.95. The summed E-state index contributed by atoms with van der Waals surface area (Å²) in [6.45, 7) is 5.56. The Balaban J connectivity index is 2.87. The van der Waals surface area contributed by atoms with Crippen molar-refractivity contribution in [2.24, 2.45) is 0 Å². The first kappa shape index (κ1) is 13.0. The molecule has 0 bridgehead atoms. The predicted octanol–water partition coefficient (Wildman–Crippen LogP) is 4.67.